The number of carbonyl (C=O) groups excluding carboxylic acids is 1. The summed E-state index contributed by atoms with van der Waals surface area (Å²) in [6, 6.07) is 1.59. The van der Waals surface area contributed by atoms with Crippen LogP contribution in [0.25, 0.3) is 0 Å². The maximum absolute atomic E-state index is 12.3. The molecule has 0 spiro atoms. The van der Waals surface area contributed by atoms with Crippen LogP contribution in [0.4, 0.5) is 13.2 Å². The minimum absolute atomic E-state index is 0.0968. The van der Waals surface area contributed by atoms with E-state index in [1.165, 1.54) is 6.92 Å². The summed E-state index contributed by atoms with van der Waals surface area (Å²) in [4.78, 5) is 11.0. The van der Waals surface area contributed by atoms with Crippen molar-refractivity contribution in [2.45, 2.75) is 31.5 Å². The van der Waals surface area contributed by atoms with Crippen molar-refractivity contribution in [1.82, 2.24) is 5.32 Å². The van der Waals surface area contributed by atoms with E-state index >= 15 is 0 Å². The Bertz CT molecular complexity index is 288. The molecule has 14 heavy (non-hydrogen) atoms. The molecule has 0 bridgehead atoms. The van der Waals surface area contributed by atoms with Gasteiger partial charge >= 0.3 is 6.18 Å². The van der Waals surface area contributed by atoms with Crippen molar-refractivity contribution in [3.05, 3.63) is 0 Å². The van der Waals surface area contributed by atoms with Gasteiger partial charge in [0, 0.05) is 0 Å². The lowest BCUT2D eigenvalue weighted by atomic mass is 10.1. The average Bonchev–Trinajstić information content (AvgIpc) is 2.82. The maximum Gasteiger partial charge on any atom is 0.411 e. The Labute approximate surface area is 78.9 Å². The molecular formula is C8H9F3N2O. The first-order chi connectivity index (χ1) is 6.32. The highest BCUT2D eigenvalue weighted by atomic mass is 19.4. The molecule has 1 amide bonds. The molecule has 6 heteroatoms. The Kier molecular flexibility index (Phi) is 2.44. The normalized spacial score (nSPS) is 20.8. The van der Waals surface area contributed by atoms with E-state index in [2.05, 4.69) is 0 Å². The van der Waals surface area contributed by atoms with Gasteiger partial charge in [-0.15, -0.1) is 0 Å². The van der Waals surface area contributed by atoms with Crippen LogP contribution in [-0.2, 0) is 4.79 Å². The van der Waals surface area contributed by atoms with Gasteiger partial charge in [-0.25, -0.2) is 0 Å². The molecule has 0 aromatic rings. The molecule has 1 atom stereocenters. The number of nitrogens with one attached hydrogen (secondary N) is 1. The highest BCUT2D eigenvalue weighted by Crippen LogP contribution is 2.48. The first kappa shape index (κ1) is 10.8. The summed E-state index contributed by atoms with van der Waals surface area (Å²) in [6.45, 7) is 1.27. The van der Waals surface area contributed by atoms with Crippen LogP contribution in [0.15, 0.2) is 0 Å². The topological polar surface area (TPSA) is 52.9 Å². The van der Waals surface area contributed by atoms with Gasteiger partial charge in [-0.3, -0.25) is 4.79 Å². The minimum Gasteiger partial charge on any atom is -0.341 e. The van der Waals surface area contributed by atoms with Gasteiger partial charge in [0.2, 0.25) is 5.91 Å². The fourth-order valence-electron chi connectivity index (χ4n) is 1.01. The van der Waals surface area contributed by atoms with Crippen molar-refractivity contribution in [1.29, 1.82) is 5.26 Å². The lowest BCUT2D eigenvalue weighted by Gasteiger charge is -2.21. The van der Waals surface area contributed by atoms with Crippen molar-refractivity contribution in [2.24, 2.45) is 5.92 Å². The molecular weight excluding hydrogens is 197 g/mol. The van der Waals surface area contributed by atoms with Crippen LogP contribution in [0.5, 0.6) is 0 Å². The zero-order valence-electron chi connectivity index (χ0n) is 7.48. The van der Waals surface area contributed by atoms with Crippen molar-refractivity contribution < 1.29 is 18.0 Å². The second-order valence-corrected chi connectivity index (χ2v) is 3.42. The van der Waals surface area contributed by atoms with E-state index < -0.39 is 23.5 Å². The van der Waals surface area contributed by atoms with Crippen LogP contribution in [0.3, 0.4) is 0 Å². The molecule has 1 rings (SSSR count). The smallest absolute Gasteiger partial charge is 0.341 e. The van der Waals surface area contributed by atoms with Gasteiger partial charge in [-0.05, 0) is 19.8 Å². The van der Waals surface area contributed by atoms with Crippen molar-refractivity contribution in [2.75, 3.05) is 0 Å². The molecule has 0 aliphatic heterocycles. The fraction of sp³-hybridized carbons (Fsp3) is 0.750. The summed E-state index contributed by atoms with van der Waals surface area (Å²) in [6.07, 6.45) is -4.61. The first-order valence-corrected chi connectivity index (χ1v) is 4.11. The number of halogens is 3. The Balaban J connectivity index is 2.63. The Morgan fingerprint density at radius 3 is 2.36 bits per heavy atom. The van der Waals surface area contributed by atoms with Crippen molar-refractivity contribution in [3.8, 4) is 6.07 Å². The molecule has 1 unspecified atom stereocenters. The van der Waals surface area contributed by atoms with Gasteiger partial charge < -0.3 is 5.32 Å². The van der Waals surface area contributed by atoms with E-state index in [9.17, 15) is 18.0 Å². The van der Waals surface area contributed by atoms with Crippen LogP contribution in [0.1, 0.15) is 19.8 Å². The van der Waals surface area contributed by atoms with Crippen LogP contribution < -0.4 is 5.32 Å². The standard InChI is InChI=1S/C8H9F3N2O/c1-5(4-12)6(14)13-7(2-3-7)8(9,10)11/h5H,2-3H2,1H3,(H,13,14). The highest BCUT2D eigenvalue weighted by Gasteiger charge is 2.64. The monoisotopic (exact) mass is 206 g/mol. The maximum atomic E-state index is 12.3. The van der Waals surface area contributed by atoms with E-state index in [0.29, 0.717) is 0 Å². The number of carbonyl (C=O) groups is 1. The predicted octanol–water partition coefficient (Wildman–Crippen LogP) is 1.36. The summed E-state index contributed by atoms with van der Waals surface area (Å²) in [5.74, 6) is -1.91. The number of hydrogen-bond donors (Lipinski definition) is 1. The molecule has 1 N–H and O–H groups in total. The summed E-state index contributed by atoms with van der Waals surface area (Å²) >= 11 is 0. The number of rotatable bonds is 2. The summed E-state index contributed by atoms with van der Waals surface area (Å²) in [5.41, 5.74) is -2.06. The Morgan fingerprint density at radius 1 is 1.57 bits per heavy atom. The third kappa shape index (κ3) is 1.81. The quantitative estimate of drug-likeness (QED) is 0.741. The number of alkyl halides is 3. The molecule has 0 aromatic carbocycles. The summed E-state index contributed by atoms with van der Waals surface area (Å²) in [7, 11) is 0. The summed E-state index contributed by atoms with van der Waals surface area (Å²) < 4.78 is 37.0. The highest BCUT2D eigenvalue weighted by molar-refractivity contribution is 5.81. The molecule has 78 valence electrons. The average molecular weight is 206 g/mol. The van der Waals surface area contributed by atoms with Gasteiger partial charge in [-0.1, -0.05) is 0 Å². The lowest BCUT2D eigenvalue weighted by Crippen LogP contribution is -2.49. The van der Waals surface area contributed by atoms with E-state index in [-0.39, 0.29) is 12.8 Å². The molecule has 1 saturated carbocycles. The van der Waals surface area contributed by atoms with E-state index in [1.807, 2.05) is 5.32 Å². The Hall–Kier alpha value is -1.25. The number of nitrogens with zero attached hydrogens (tertiary/aromatic N) is 1. The van der Waals surface area contributed by atoms with E-state index in [4.69, 9.17) is 5.26 Å². The van der Waals surface area contributed by atoms with Gasteiger partial charge in [0.1, 0.15) is 11.5 Å². The van der Waals surface area contributed by atoms with E-state index in [1.54, 1.807) is 6.07 Å². The molecule has 0 saturated heterocycles. The zero-order chi connectivity index (χ0) is 11.0. The molecule has 3 nitrogen and oxygen atoms in total. The second kappa shape index (κ2) is 3.15. The van der Waals surface area contributed by atoms with Gasteiger partial charge in [0.05, 0.1) is 6.07 Å². The van der Waals surface area contributed by atoms with E-state index in [0.717, 1.165) is 0 Å². The molecule has 1 fully saturated rings. The molecule has 1 aliphatic carbocycles. The van der Waals surface area contributed by atoms with Crippen LogP contribution >= 0.6 is 0 Å². The Morgan fingerprint density at radius 2 is 2.07 bits per heavy atom. The third-order valence-corrected chi connectivity index (χ3v) is 2.24. The molecule has 1 aliphatic rings. The lowest BCUT2D eigenvalue weighted by molar-refractivity contribution is -0.170. The molecule has 0 aromatic heterocycles. The van der Waals surface area contributed by atoms with Gasteiger partial charge in [-0.2, -0.15) is 18.4 Å². The van der Waals surface area contributed by atoms with Crippen LogP contribution in [0.2, 0.25) is 0 Å². The second-order valence-electron chi connectivity index (χ2n) is 3.42. The molecule has 0 heterocycles. The first-order valence-electron chi connectivity index (χ1n) is 4.11. The molecule has 0 radical (unpaired) electrons. The van der Waals surface area contributed by atoms with Gasteiger partial charge in [0.25, 0.3) is 0 Å². The minimum atomic E-state index is -4.42. The van der Waals surface area contributed by atoms with Crippen LogP contribution in [-0.4, -0.2) is 17.6 Å². The zero-order valence-corrected chi connectivity index (χ0v) is 7.48. The van der Waals surface area contributed by atoms with Gasteiger partial charge in [0.15, 0.2) is 0 Å². The fourth-order valence-corrected chi connectivity index (χ4v) is 1.01. The van der Waals surface area contributed by atoms with Crippen molar-refractivity contribution in [3.63, 3.8) is 0 Å². The number of amides is 1. The largest absolute Gasteiger partial charge is 0.411 e. The van der Waals surface area contributed by atoms with Crippen molar-refractivity contribution >= 4 is 5.91 Å². The predicted molar refractivity (Wildman–Crippen MR) is 40.9 cm³/mol. The number of hydrogen-bond acceptors (Lipinski definition) is 2. The SMILES string of the molecule is CC(C#N)C(=O)NC1(C(F)(F)F)CC1. The number of nitriles is 1. The van der Waals surface area contributed by atoms with Crippen LogP contribution in [0, 0.1) is 17.2 Å². The summed E-state index contributed by atoms with van der Waals surface area (Å²) in [5, 5.41) is 10.2. The third-order valence-electron chi connectivity index (χ3n) is 2.24.